The molecule has 0 amide bonds. The highest BCUT2D eigenvalue weighted by Crippen LogP contribution is 2.30. The monoisotopic (exact) mass is 305 g/mol. The van der Waals surface area contributed by atoms with Gasteiger partial charge in [0.25, 0.3) is 0 Å². The van der Waals surface area contributed by atoms with Crippen LogP contribution in [0.15, 0.2) is 18.2 Å². The molecule has 0 spiro atoms. The van der Waals surface area contributed by atoms with Gasteiger partial charge in [-0.25, -0.2) is 0 Å². The van der Waals surface area contributed by atoms with Crippen molar-refractivity contribution < 1.29 is 4.74 Å². The molecule has 0 aliphatic carbocycles. The maximum Gasteiger partial charge on any atom is 0.142 e. The van der Waals surface area contributed by atoms with Gasteiger partial charge in [0.2, 0.25) is 0 Å². The number of benzene rings is 1. The van der Waals surface area contributed by atoms with E-state index in [-0.39, 0.29) is 0 Å². The maximum atomic E-state index is 5.91. The van der Waals surface area contributed by atoms with Crippen LogP contribution in [0.3, 0.4) is 0 Å². The van der Waals surface area contributed by atoms with Crippen LogP contribution in [-0.4, -0.2) is 51.3 Å². The molecule has 1 aromatic carbocycles. The molecule has 1 saturated heterocycles. The molecule has 0 atom stereocenters. The van der Waals surface area contributed by atoms with Gasteiger partial charge in [0.1, 0.15) is 5.75 Å². The van der Waals surface area contributed by atoms with Crippen LogP contribution in [0.2, 0.25) is 0 Å². The van der Waals surface area contributed by atoms with Crippen molar-refractivity contribution in [2.75, 3.05) is 51.3 Å². The second-order valence-electron chi connectivity index (χ2n) is 6.06. The third-order valence-electron chi connectivity index (χ3n) is 4.13. The van der Waals surface area contributed by atoms with Crippen molar-refractivity contribution in [2.45, 2.75) is 33.2 Å². The molecule has 1 heterocycles. The Bertz CT molecular complexity index is 444. The van der Waals surface area contributed by atoms with Crippen molar-refractivity contribution >= 4 is 5.69 Å². The summed E-state index contributed by atoms with van der Waals surface area (Å²) in [6, 6.07) is 6.71. The molecular formula is C18H31N3O. The topological polar surface area (TPSA) is 27.7 Å². The number of nitrogens with zero attached hydrogens (tertiary/aromatic N) is 2. The molecule has 4 heteroatoms. The van der Waals surface area contributed by atoms with Crippen molar-refractivity contribution in [2.24, 2.45) is 0 Å². The van der Waals surface area contributed by atoms with E-state index >= 15 is 0 Å². The Morgan fingerprint density at radius 3 is 2.68 bits per heavy atom. The van der Waals surface area contributed by atoms with Crippen LogP contribution >= 0.6 is 0 Å². The van der Waals surface area contributed by atoms with Gasteiger partial charge in [0, 0.05) is 32.7 Å². The summed E-state index contributed by atoms with van der Waals surface area (Å²) in [6.45, 7) is 11.4. The van der Waals surface area contributed by atoms with E-state index in [2.05, 4.69) is 54.2 Å². The zero-order valence-electron chi connectivity index (χ0n) is 14.4. The first-order chi connectivity index (χ1) is 10.7. The smallest absolute Gasteiger partial charge is 0.142 e. The normalized spacial score (nSPS) is 15.4. The highest BCUT2D eigenvalue weighted by atomic mass is 16.5. The molecule has 124 valence electrons. The third-order valence-corrected chi connectivity index (χ3v) is 4.13. The molecule has 0 unspecified atom stereocenters. The molecule has 1 fully saturated rings. The van der Waals surface area contributed by atoms with Crippen molar-refractivity contribution in [1.29, 1.82) is 0 Å². The van der Waals surface area contributed by atoms with Gasteiger partial charge in [-0.3, -0.25) is 0 Å². The fourth-order valence-corrected chi connectivity index (χ4v) is 2.91. The molecule has 0 radical (unpaired) electrons. The molecule has 4 nitrogen and oxygen atoms in total. The Labute approximate surface area is 135 Å². The lowest BCUT2D eigenvalue weighted by Gasteiger charge is -2.31. The number of rotatable bonds is 8. The summed E-state index contributed by atoms with van der Waals surface area (Å²) in [4.78, 5) is 4.81. The van der Waals surface area contributed by atoms with Gasteiger partial charge in [-0.2, -0.15) is 0 Å². The number of ether oxygens (including phenoxy) is 1. The van der Waals surface area contributed by atoms with Crippen LogP contribution in [0.25, 0.3) is 0 Å². The van der Waals surface area contributed by atoms with E-state index in [1.165, 1.54) is 24.1 Å². The van der Waals surface area contributed by atoms with E-state index in [9.17, 15) is 0 Å². The molecular weight excluding hydrogens is 274 g/mol. The average Bonchev–Trinajstić information content (AvgIpc) is 2.54. The van der Waals surface area contributed by atoms with Crippen LogP contribution in [0.4, 0.5) is 5.69 Å². The number of unbranched alkanes of at least 4 members (excludes halogenated alkanes) is 1. The standard InChI is InChI=1S/C18H31N3O/c1-4-6-11-20(3)15-16-7-8-17(18(14-16)22-5-2)21-12-9-19-10-13-21/h7-8,14,19H,4-6,9-13,15H2,1-3H3. The van der Waals surface area contributed by atoms with E-state index < -0.39 is 0 Å². The lowest BCUT2D eigenvalue weighted by Crippen LogP contribution is -2.43. The van der Waals surface area contributed by atoms with E-state index in [0.29, 0.717) is 6.61 Å². The summed E-state index contributed by atoms with van der Waals surface area (Å²) in [5.74, 6) is 1.03. The number of nitrogens with one attached hydrogen (secondary N) is 1. The summed E-state index contributed by atoms with van der Waals surface area (Å²) in [7, 11) is 2.19. The van der Waals surface area contributed by atoms with Crippen molar-refractivity contribution in [3.63, 3.8) is 0 Å². The quantitative estimate of drug-likeness (QED) is 0.799. The predicted octanol–water partition coefficient (Wildman–Crippen LogP) is 2.73. The largest absolute Gasteiger partial charge is 0.492 e. The maximum absolute atomic E-state index is 5.91. The highest BCUT2D eigenvalue weighted by molar-refractivity contribution is 5.60. The first kappa shape index (κ1) is 17.1. The Kier molecular flexibility index (Phi) is 7.00. The number of hydrogen-bond donors (Lipinski definition) is 1. The zero-order valence-corrected chi connectivity index (χ0v) is 14.4. The summed E-state index contributed by atoms with van der Waals surface area (Å²) in [5, 5.41) is 3.40. The van der Waals surface area contributed by atoms with Gasteiger partial charge in [-0.05, 0) is 44.6 Å². The molecule has 22 heavy (non-hydrogen) atoms. The van der Waals surface area contributed by atoms with E-state index in [1.54, 1.807) is 0 Å². The first-order valence-electron chi connectivity index (χ1n) is 8.64. The van der Waals surface area contributed by atoms with Gasteiger partial charge in [0.05, 0.1) is 12.3 Å². The van der Waals surface area contributed by atoms with Crippen LogP contribution in [0, 0.1) is 0 Å². The SMILES string of the molecule is CCCCN(C)Cc1ccc(N2CCNCC2)c(OCC)c1. The Hall–Kier alpha value is -1.26. The van der Waals surface area contributed by atoms with Gasteiger partial charge in [0.15, 0.2) is 0 Å². The van der Waals surface area contributed by atoms with E-state index in [4.69, 9.17) is 4.74 Å². The number of piperazine rings is 1. The molecule has 0 aromatic heterocycles. The predicted molar refractivity (Wildman–Crippen MR) is 93.9 cm³/mol. The fraction of sp³-hybridized carbons (Fsp3) is 0.667. The lowest BCUT2D eigenvalue weighted by atomic mass is 10.1. The van der Waals surface area contributed by atoms with Crippen LogP contribution < -0.4 is 15.0 Å². The molecule has 1 N–H and O–H groups in total. The minimum Gasteiger partial charge on any atom is -0.492 e. The minimum absolute atomic E-state index is 0.716. The van der Waals surface area contributed by atoms with Crippen molar-refractivity contribution in [3.8, 4) is 5.75 Å². The molecule has 1 aromatic rings. The fourth-order valence-electron chi connectivity index (χ4n) is 2.91. The Morgan fingerprint density at radius 1 is 1.23 bits per heavy atom. The molecule has 0 bridgehead atoms. The highest BCUT2D eigenvalue weighted by Gasteiger charge is 2.15. The van der Waals surface area contributed by atoms with Crippen molar-refractivity contribution in [3.05, 3.63) is 23.8 Å². The Balaban J connectivity index is 2.08. The van der Waals surface area contributed by atoms with Crippen molar-refractivity contribution in [1.82, 2.24) is 10.2 Å². The summed E-state index contributed by atoms with van der Waals surface area (Å²) in [5.41, 5.74) is 2.57. The van der Waals surface area contributed by atoms with Gasteiger partial charge in [-0.1, -0.05) is 19.4 Å². The summed E-state index contributed by atoms with van der Waals surface area (Å²) in [6.07, 6.45) is 2.50. The van der Waals surface area contributed by atoms with E-state index in [0.717, 1.165) is 45.0 Å². The molecule has 0 saturated carbocycles. The van der Waals surface area contributed by atoms with Gasteiger partial charge in [-0.15, -0.1) is 0 Å². The zero-order chi connectivity index (χ0) is 15.8. The van der Waals surface area contributed by atoms with Crippen LogP contribution in [0.1, 0.15) is 32.3 Å². The lowest BCUT2D eigenvalue weighted by molar-refractivity contribution is 0.317. The second-order valence-corrected chi connectivity index (χ2v) is 6.06. The molecule has 1 aliphatic heterocycles. The minimum atomic E-state index is 0.716. The molecule has 1 aliphatic rings. The van der Waals surface area contributed by atoms with Gasteiger partial charge < -0.3 is 19.9 Å². The first-order valence-corrected chi connectivity index (χ1v) is 8.64. The summed E-state index contributed by atoms with van der Waals surface area (Å²) < 4.78 is 5.91. The van der Waals surface area contributed by atoms with E-state index in [1.807, 2.05) is 0 Å². The Morgan fingerprint density at radius 2 is 2.00 bits per heavy atom. The summed E-state index contributed by atoms with van der Waals surface area (Å²) >= 11 is 0. The number of hydrogen-bond acceptors (Lipinski definition) is 4. The van der Waals surface area contributed by atoms with Crippen LogP contribution in [0.5, 0.6) is 5.75 Å². The van der Waals surface area contributed by atoms with Gasteiger partial charge >= 0.3 is 0 Å². The third kappa shape index (κ3) is 4.89. The molecule has 2 rings (SSSR count). The second kappa shape index (κ2) is 9.01. The number of anilines is 1. The van der Waals surface area contributed by atoms with Crippen LogP contribution in [-0.2, 0) is 6.54 Å². The average molecular weight is 305 g/mol.